The number of carbonyl (C=O) groups is 2. The minimum absolute atomic E-state index is 0.210. The van der Waals surface area contributed by atoms with Crippen molar-refractivity contribution in [2.24, 2.45) is 0 Å². The van der Waals surface area contributed by atoms with Crippen LogP contribution >= 0.6 is 11.8 Å². The Morgan fingerprint density at radius 2 is 1.92 bits per heavy atom. The molecule has 0 radical (unpaired) electrons. The molecule has 6 nitrogen and oxygen atoms in total. The van der Waals surface area contributed by atoms with E-state index in [4.69, 9.17) is 9.47 Å². The summed E-state index contributed by atoms with van der Waals surface area (Å²) in [4.78, 5) is 31.4. The van der Waals surface area contributed by atoms with E-state index in [1.165, 1.54) is 11.8 Å². The number of carbonyl (C=O) groups excluding carboxylic acids is 2. The number of nitrogens with zero attached hydrogens (tertiary/aromatic N) is 2. The number of esters is 1. The lowest BCUT2D eigenvalue weighted by atomic mass is 10.2. The number of benzene rings is 1. The Hall–Kier alpha value is -2.38. The van der Waals surface area contributed by atoms with E-state index in [-0.39, 0.29) is 12.5 Å². The van der Waals surface area contributed by atoms with Gasteiger partial charge in [-0.2, -0.15) is 0 Å². The van der Waals surface area contributed by atoms with Crippen LogP contribution in [0.15, 0.2) is 52.5 Å². The number of hydrogen-bond acceptors (Lipinski definition) is 6. The van der Waals surface area contributed by atoms with E-state index in [2.05, 4.69) is 4.98 Å². The van der Waals surface area contributed by atoms with Crippen molar-refractivity contribution in [2.75, 3.05) is 32.9 Å². The molecule has 2 aromatic rings. The first-order valence-electron chi connectivity index (χ1n) is 8.35. The first kappa shape index (κ1) is 18.4. The fraction of sp³-hybridized carbons (Fsp3) is 0.316. The Kier molecular flexibility index (Phi) is 6.25. The van der Waals surface area contributed by atoms with Crippen molar-refractivity contribution in [2.45, 2.75) is 16.8 Å². The van der Waals surface area contributed by atoms with Crippen LogP contribution < -0.4 is 0 Å². The topological polar surface area (TPSA) is 68.7 Å². The zero-order valence-corrected chi connectivity index (χ0v) is 15.3. The summed E-state index contributed by atoms with van der Waals surface area (Å²) in [6, 6.07) is 11.3. The summed E-state index contributed by atoms with van der Waals surface area (Å²) in [5.74, 6) is -0.757. The number of hydrogen-bond donors (Lipinski definition) is 0. The fourth-order valence-electron chi connectivity index (χ4n) is 2.45. The molecule has 1 amide bonds. The fourth-order valence-corrected chi connectivity index (χ4v) is 3.32. The second kappa shape index (κ2) is 8.82. The summed E-state index contributed by atoms with van der Waals surface area (Å²) < 4.78 is 10.4. The Morgan fingerprint density at radius 1 is 1.19 bits per heavy atom. The molecule has 0 bridgehead atoms. The normalized spacial score (nSPS) is 14.1. The zero-order chi connectivity index (χ0) is 18.4. The van der Waals surface area contributed by atoms with Crippen molar-refractivity contribution in [1.82, 2.24) is 9.88 Å². The number of pyridine rings is 1. The second-order valence-corrected chi connectivity index (χ2v) is 6.90. The van der Waals surface area contributed by atoms with Crippen LogP contribution in [0.3, 0.4) is 0 Å². The van der Waals surface area contributed by atoms with Crippen LogP contribution in [0.2, 0.25) is 0 Å². The van der Waals surface area contributed by atoms with Gasteiger partial charge in [-0.3, -0.25) is 4.79 Å². The highest BCUT2D eigenvalue weighted by molar-refractivity contribution is 7.99. The average molecular weight is 372 g/mol. The third-order valence-corrected chi connectivity index (χ3v) is 4.94. The van der Waals surface area contributed by atoms with Gasteiger partial charge in [-0.1, -0.05) is 29.5 Å². The van der Waals surface area contributed by atoms with Crippen molar-refractivity contribution in [1.29, 1.82) is 0 Å². The van der Waals surface area contributed by atoms with Crippen molar-refractivity contribution >= 4 is 23.6 Å². The van der Waals surface area contributed by atoms with Crippen molar-refractivity contribution in [3.63, 3.8) is 0 Å². The van der Waals surface area contributed by atoms with Crippen molar-refractivity contribution in [3.05, 3.63) is 53.7 Å². The van der Waals surface area contributed by atoms with Gasteiger partial charge in [-0.05, 0) is 31.2 Å². The first-order valence-corrected chi connectivity index (χ1v) is 9.17. The maximum absolute atomic E-state index is 12.4. The largest absolute Gasteiger partial charge is 0.452 e. The Morgan fingerprint density at radius 3 is 2.65 bits per heavy atom. The third kappa shape index (κ3) is 4.83. The van der Waals surface area contributed by atoms with Gasteiger partial charge in [0.2, 0.25) is 0 Å². The highest BCUT2D eigenvalue weighted by Gasteiger charge is 2.20. The smallest absolute Gasteiger partial charge is 0.341 e. The zero-order valence-electron chi connectivity index (χ0n) is 14.5. The van der Waals surface area contributed by atoms with E-state index in [0.29, 0.717) is 36.9 Å². The average Bonchev–Trinajstić information content (AvgIpc) is 2.68. The molecule has 0 aliphatic carbocycles. The number of amides is 1. The van der Waals surface area contributed by atoms with E-state index >= 15 is 0 Å². The van der Waals surface area contributed by atoms with E-state index in [9.17, 15) is 9.59 Å². The van der Waals surface area contributed by atoms with Crippen LogP contribution in [-0.2, 0) is 14.3 Å². The lowest BCUT2D eigenvalue weighted by molar-refractivity contribution is -0.138. The lowest BCUT2D eigenvalue weighted by Crippen LogP contribution is -2.42. The molecular weight excluding hydrogens is 352 g/mol. The molecule has 1 saturated heterocycles. The SMILES string of the molecule is Cc1ccc(Sc2ncccc2C(=O)OCC(=O)N2CCOCC2)cc1. The quantitative estimate of drug-likeness (QED) is 0.752. The maximum atomic E-state index is 12.4. The Labute approximate surface area is 156 Å². The summed E-state index contributed by atoms with van der Waals surface area (Å²) in [5.41, 5.74) is 1.52. The predicted molar refractivity (Wildman–Crippen MR) is 97.2 cm³/mol. The molecule has 2 heterocycles. The van der Waals surface area contributed by atoms with Gasteiger partial charge in [-0.25, -0.2) is 9.78 Å². The van der Waals surface area contributed by atoms with E-state index < -0.39 is 5.97 Å². The number of ether oxygens (including phenoxy) is 2. The highest BCUT2D eigenvalue weighted by Crippen LogP contribution is 2.29. The van der Waals surface area contributed by atoms with Crippen LogP contribution in [0.1, 0.15) is 15.9 Å². The molecule has 136 valence electrons. The van der Waals surface area contributed by atoms with Crippen LogP contribution in [0, 0.1) is 6.92 Å². The predicted octanol–water partition coefficient (Wildman–Crippen LogP) is 2.56. The maximum Gasteiger partial charge on any atom is 0.341 e. The molecule has 7 heteroatoms. The molecule has 1 aliphatic heterocycles. The van der Waals surface area contributed by atoms with Gasteiger partial charge in [0.05, 0.1) is 18.8 Å². The van der Waals surface area contributed by atoms with Gasteiger partial charge in [0, 0.05) is 24.2 Å². The molecule has 26 heavy (non-hydrogen) atoms. The molecule has 0 saturated carbocycles. The molecule has 1 aromatic carbocycles. The van der Waals surface area contributed by atoms with Crippen LogP contribution in [0.5, 0.6) is 0 Å². The molecule has 0 atom stereocenters. The summed E-state index contributed by atoms with van der Waals surface area (Å²) in [6.07, 6.45) is 1.63. The van der Waals surface area contributed by atoms with Crippen LogP contribution in [0.4, 0.5) is 0 Å². The van der Waals surface area contributed by atoms with E-state index in [0.717, 1.165) is 10.5 Å². The summed E-state index contributed by atoms with van der Waals surface area (Å²) in [6.45, 7) is 3.82. The highest BCUT2D eigenvalue weighted by atomic mass is 32.2. The third-order valence-electron chi connectivity index (χ3n) is 3.92. The number of rotatable bonds is 5. The molecular formula is C19H20N2O4S. The van der Waals surface area contributed by atoms with Gasteiger partial charge >= 0.3 is 5.97 Å². The van der Waals surface area contributed by atoms with E-state index in [1.54, 1.807) is 23.2 Å². The summed E-state index contributed by atoms with van der Waals surface area (Å²) in [5, 5.41) is 0.556. The van der Waals surface area contributed by atoms with E-state index in [1.807, 2.05) is 31.2 Å². The number of aryl methyl sites for hydroxylation is 1. The summed E-state index contributed by atoms with van der Waals surface area (Å²) >= 11 is 1.39. The molecule has 1 aromatic heterocycles. The second-order valence-electron chi connectivity index (χ2n) is 5.84. The molecule has 0 unspecified atom stereocenters. The molecule has 0 N–H and O–H groups in total. The molecule has 3 rings (SSSR count). The van der Waals surface area contributed by atoms with Gasteiger partial charge in [0.15, 0.2) is 6.61 Å². The van der Waals surface area contributed by atoms with Gasteiger partial charge in [-0.15, -0.1) is 0 Å². The van der Waals surface area contributed by atoms with Gasteiger partial charge < -0.3 is 14.4 Å². The van der Waals surface area contributed by atoms with Crippen LogP contribution in [-0.4, -0.2) is 54.7 Å². The Bertz CT molecular complexity index is 773. The standard InChI is InChI=1S/C19H20N2O4S/c1-14-4-6-15(7-5-14)26-18-16(3-2-8-20-18)19(23)25-13-17(22)21-9-11-24-12-10-21/h2-8H,9-13H2,1H3. The number of morpholine rings is 1. The molecule has 1 aliphatic rings. The molecule has 0 spiro atoms. The van der Waals surface area contributed by atoms with Crippen LogP contribution in [0.25, 0.3) is 0 Å². The van der Waals surface area contributed by atoms with Gasteiger partial charge in [0.1, 0.15) is 5.03 Å². The summed E-state index contributed by atoms with van der Waals surface area (Å²) in [7, 11) is 0. The minimum Gasteiger partial charge on any atom is -0.452 e. The monoisotopic (exact) mass is 372 g/mol. The number of aromatic nitrogens is 1. The first-order chi connectivity index (χ1) is 12.6. The Balaban J connectivity index is 1.63. The van der Waals surface area contributed by atoms with Crippen molar-refractivity contribution in [3.8, 4) is 0 Å². The lowest BCUT2D eigenvalue weighted by Gasteiger charge is -2.26. The van der Waals surface area contributed by atoms with Gasteiger partial charge in [0.25, 0.3) is 5.91 Å². The minimum atomic E-state index is -0.547. The molecule has 1 fully saturated rings. The van der Waals surface area contributed by atoms with Crippen molar-refractivity contribution < 1.29 is 19.1 Å².